The van der Waals surface area contributed by atoms with Crippen molar-refractivity contribution in [2.24, 2.45) is 5.41 Å². The van der Waals surface area contributed by atoms with Gasteiger partial charge in [-0.05, 0) is 31.0 Å². The molecule has 0 saturated heterocycles. The summed E-state index contributed by atoms with van der Waals surface area (Å²) in [5.41, 5.74) is -1.00. The van der Waals surface area contributed by atoms with E-state index in [2.05, 4.69) is 5.32 Å². The molecule has 0 bridgehead atoms. The summed E-state index contributed by atoms with van der Waals surface area (Å²) in [5, 5.41) is 11.6. The lowest BCUT2D eigenvalue weighted by molar-refractivity contribution is -0.143. The first-order valence-electron chi connectivity index (χ1n) is 5.41. The van der Waals surface area contributed by atoms with E-state index in [1.807, 2.05) is 0 Å². The average molecular weight is 272 g/mol. The molecule has 96 valence electrons. The number of carbonyl (C=O) groups excluding carboxylic acids is 1. The first-order valence-corrected chi connectivity index (χ1v) is 5.79. The van der Waals surface area contributed by atoms with Crippen LogP contribution in [0.25, 0.3) is 0 Å². The summed E-state index contributed by atoms with van der Waals surface area (Å²) in [6.45, 7) is 0.0171. The van der Waals surface area contributed by atoms with E-state index < -0.39 is 23.1 Å². The quantitative estimate of drug-likeness (QED) is 0.881. The Bertz CT molecular complexity index is 514. The molecule has 0 aromatic heterocycles. The summed E-state index contributed by atoms with van der Waals surface area (Å²) in [4.78, 5) is 22.6. The summed E-state index contributed by atoms with van der Waals surface area (Å²) < 4.78 is 13.4. The number of carbonyl (C=O) groups is 2. The molecule has 4 nitrogen and oxygen atoms in total. The average Bonchev–Trinajstić information content (AvgIpc) is 3.07. The van der Waals surface area contributed by atoms with Crippen molar-refractivity contribution in [2.45, 2.75) is 12.8 Å². The number of benzene rings is 1. The van der Waals surface area contributed by atoms with Crippen molar-refractivity contribution in [2.75, 3.05) is 6.54 Å². The number of carboxylic acid groups (broad SMARTS) is 1. The van der Waals surface area contributed by atoms with Gasteiger partial charge in [-0.3, -0.25) is 9.59 Å². The maximum atomic E-state index is 13.4. The van der Waals surface area contributed by atoms with Crippen LogP contribution in [0, 0.1) is 11.2 Å². The first kappa shape index (κ1) is 12.8. The van der Waals surface area contributed by atoms with Gasteiger partial charge in [0.05, 0.1) is 11.0 Å². The van der Waals surface area contributed by atoms with E-state index in [4.69, 9.17) is 16.7 Å². The van der Waals surface area contributed by atoms with E-state index in [-0.39, 0.29) is 17.1 Å². The molecule has 18 heavy (non-hydrogen) atoms. The summed E-state index contributed by atoms with van der Waals surface area (Å²) in [6, 6.07) is 3.72. The Morgan fingerprint density at radius 3 is 2.61 bits per heavy atom. The molecule has 0 spiro atoms. The smallest absolute Gasteiger partial charge is 0.311 e. The third-order valence-electron chi connectivity index (χ3n) is 3.07. The molecule has 1 aromatic carbocycles. The lowest BCUT2D eigenvalue weighted by atomic mass is 10.1. The lowest BCUT2D eigenvalue weighted by Crippen LogP contribution is -2.34. The van der Waals surface area contributed by atoms with Gasteiger partial charge in [-0.25, -0.2) is 4.39 Å². The van der Waals surface area contributed by atoms with E-state index in [9.17, 15) is 14.0 Å². The number of hydrogen-bond acceptors (Lipinski definition) is 2. The fourth-order valence-corrected chi connectivity index (χ4v) is 1.79. The number of carboxylic acids is 1. The minimum absolute atomic E-state index is 0.0171. The number of hydrogen-bond donors (Lipinski definition) is 2. The largest absolute Gasteiger partial charge is 0.481 e. The molecular weight excluding hydrogens is 261 g/mol. The maximum Gasteiger partial charge on any atom is 0.311 e. The second-order valence-corrected chi connectivity index (χ2v) is 4.83. The van der Waals surface area contributed by atoms with Crippen LogP contribution < -0.4 is 5.32 Å². The highest BCUT2D eigenvalue weighted by atomic mass is 35.5. The summed E-state index contributed by atoms with van der Waals surface area (Å²) in [5.74, 6) is -2.28. The van der Waals surface area contributed by atoms with Crippen LogP contribution in [0.5, 0.6) is 0 Å². The van der Waals surface area contributed by atoms with Crippen LogP contribution in [0.3, 0.4) is 0 Å². The van der Waals surface area contributed by atoms with Crippen molar-refractivity contribution in [1.29, 1.82) is 0 Å². The Kier molecular flexibility index (Phi) is 3.26. The van der Waals surface area contributed by atoms with Gasteiger partial charge in [-0.2, -0.15) is 0 Å². The SMILES string of the molecule is O=C(NCC1(C(=O)O)CC1)c1ccc(Cl)cc1F. The Hall–Kier alpha value is -1.62. The standard InChI is InChI=1S/C12H11ClFNO3/c13-7-1-2-8(9(14)5-7)10(16)15-6-12(3-4-12)11(17)18/h1-2,5H,3-4,6H2,(H,15,16)(H,17,18). The van der Waals surface area contributed by atoms with Gasteiger partial charge < -0.3 is 10.4 Å². The van der Waals surface area contributed by atoms with E-state index in [1.54, 1.807) is 0 Å². The van der Waals surface area contributed by atoms with Crippen molar-refractivity contribution in [3.8, 4) is 0 Å². The lowest BCUT2D eigenvalue weighted by Gasteiger charge is -2.11. The molecule has 2 rings (SSSR count). The van der Waals surface area contributed by atoms with Gasteiger partial charge in [-0.1, -0.05) is 11.6 Å². The summed E-state index contributed by atoms with van der Waals surface area (Å²) >= 11 is 5.57. The molecule has 1 aliphatic carbocycles. The van der Waals surface area contributed by atoms with Gasteiger partial charge in [0.1, 0.15) is 5.82 Å². The molecule has 0 unspecified atom stereocenters. The fourth-order valence-electron chi connectivity index (χ4n) is 1.64. The number of aliphatic carboxylic acids is 1. The highest BCUT2D eigenvalue weighted by Crippen LogP contribution is 2.45. The topological polar surface area (TPSA) is 66.4 Å². The Morgan fingerprint density at radius 1 is 1.44 bits per heavy atom. The zero-order valence-corrected chi connectivity index (χ0v) is 10.1. The van der Waals surface area contributed by atoms with Crippen molar-refractivity contribution < 1.29 is 19.1 Å². The third kappa shape index (κ3) is 2.46. The van der Waals surface area contributed by atoms with E-state index in [0.717, 1.165) is 6.07 Å². The van der Waals surface area contributed by atoms with E-state index in [1.165, 1.54) is 12.1 Å². The van der Waals surface area contributed by atoms with Crippen LogP contribution in [-0.4, -0.2) is 23.5 Å². The zero-order chi connectivity index (χ0) is 13.3. The first-order chi connectivity index (χ1) is 8.44. The molecule has 1 fully saturated rings. The Balaban J connectivity index is 2.02. The van der Waals surface area contributed by atoms with Crippen LogP contribution in [0.2, 0.25) is 5.02 Å². The number of rotatable bonds is 4. The van der Waals surface area contributed by atoms with Crippen LogP contribution in [-0.2, 0) is 4.79 Å². The second-order valence-electron chi connectivity index (χ2n) is 4.39. The van der Waals surface area contributed by atoms with Crippen molar-refractivity contribution >= 4 is 23.5 Å². The van der Waals surface area contributed by atoms with Gasteiger partial charge in [0.15, 0.2) is 0 Å². The molecule has 0 heterocycles. The van der Waals surface area contributed by atoms with Crippen LogP contribution in [0.1, 0.15) is 23.2 Å². The monoisotopic (exact) mass is 271 g/mol. The fraction of sp³-hybridized carbons (Fsp3) is 0.333. The molecule has 0 aliphatic heterocycles. The summed E-state index contributed by atoms with van der Waals surface area (Å²) in [7, 11) is 0. The van der Waals surface area contributed by atoms with Crippen molar-refractivity contribution in [3.05, 3.63) is 34.6 Å². The highest BCUT2D eigenvalue weighted by Gasteiger charge is 2.50. The highest BCUT2D eigenvalue weighted by molar-refractivity contribution is 6.30. The second kappa shape index (κ2) is 4.57. The van der Waals surface area contributed by atoms with Crippen molar-refractivity contribution in [3.63, 3.8) is 0 Å². The number of nitrogens with one attached hydrogen (secondary N) is 1. The Morgan fingerprint density at radius 2 is 2.11 bits per heavy atom. The molecule has 0 radical (unpaired) electrons. The third-order valence-corrected chi connectivity index (χ3v) is 3.31. The van der Waals surface area contributed by atoms with Crippen LogP contribution >= 0.6 is 11.6 Å². The predicted molar refractivity (Wildman–Crippen MR) is 63.0 cm³/mol. The molecule has 0 atom stereocenters. The Labute approximate surface area is 108 Å². The van der Waals surface area contributed by atoms with Crippen LogP contribution in [0.15, 0.2) is 18.2 Å². The van der Waals surface area contributed by atoms with Gasteiger partial charge in [0, 0.05) is 11.6 Å². The van der Waals surface area contributed by atoms with Gasteiger partial charge in [0.25, 0.3) is 5.91 Å². The molecule has 1 saturated carbocycles. The molecule has 2 N–H and O–H groups in total. The van der Waals surface area contributed by atoms with Gasteiger partial charge in [-0.15, -0.1) is 0 Å². The minimum Gasteiger partial charge on any atom is -0.481 e. The number of amides is 1. The van der Waals surface area contributed by atoms with Gasteiger partial charge in [0.2, 0.25) is 0 Å². The molecule has 6 heteroatoms. The van der Waals surface area contributed by atoms with Gasteiger partial charge >= 0.3 is 5.97 Å². The van der Waals surface area contributed by atoms with Crippen molar-refractivity contribution in [1.82, 2.24) is 5.32 Å². The zero-order valence-electron chi connectivity index (χ0n) is 9.37. The normalized spacial score (nSPS) is 16.1. The maximum absolute atomic E-state index is 13.4. The number of halogens is 2. The predicted octanol–water partition coefficient (Wildman–Crippen LogP) is 2.07. The molecular formula is C12H11ClFNO3. The minimum atomic E-state index is -0.931. The molecule has 1 aliphatic rings. The summed E-state index contributed by atoms with van der Waals surface area (Å²) in [6.07, 6.45) is 1.07. The molecule has 1 amide bonds. The van der Waals surface area contributed by atoms with E-state index in [0.29, 0.717) is 12.8 Å². The van der Waals surface area contributed by atoms with E-state index >= 15 is 0 Å². The van der Waals surface area contributed by atoms with Crippen LogP contribution in [0.4, 0.5) is 4.39 Å². The molecule has 1 aromatic rings.